The van der Waals surface area contributed by atoms with E-state index in [0.717, 1.165) is 17.7 Å². The number of thioether (sulfide) groups is 1. The zero-order valence-corrected chi connectivity index (χ0v) is 13.9. The lowest BCUT2D eigenvalue weighted by Gasteiger charge is -2.22. The molecule has 0 fully saturated rings. The van der Waals surface area contributed by atoms with Crippen LogP contribution in [0.25, 0.3) is 0 Å². The highest BCUT2D eigenvalue weighted by Crippen LogP contribution is 2.33. The minimum absolute atomic E-state index is 0.0963. The van der Waals surface area contributed by atoms with Crippen molar-refractivity contribution in [2.75, 3.05) is 24.2 Å². The molecule has 1 aromatic carbocycles. The molecule has 1 aliphatic heterocycles. The predicted octanol–water partition coefficient (Wildman–Crippen LogP) is 2.54. The molecule has 1 N–H and O–H groups in total. The fourth-order valence-corrected chi connectivity index (χ4v) is 4.66. The third-order valence-corrected chi connectivity index (χ3v) is 6.14. The summed E-state index contributed by atoms with van der Waals surface area (Å²) in [5, 5.41) is 2.73. The van der Waals surface area contributed by atoms with E-state index in [0.29, 0.717) is 24.5 Å². The van der Waals surface area contributed by atoms with Crippen molar-refractivity contribution in [1.29, 1.82) is 0 Å². The smallest absolute Gasteiger partial charge is 0.243 e. The molecule has 1 amide bonds. The Labute approximate surface area is 130 Å². The third-order valence-electron chi connectivity index (χ3n) is 3.17. The van der Waals surface area contributed by atoms with E-state index < -0.39 is 10.0 Å². The van der Waals surface area contributed by atoms with E-state index in [2.05, 4.69) is 5.32 Å². The number of hydrogen-bond acceptors (Lipinski definition) is 4. The quantitative estimate of drug-likeness (QED) is 0.871. The van der Waals surface area contributed by atoms with Crippen LogP contribution in [0.1, 0.15) is 26.7 Å². The number of carbonyl (C=O) groups is 1. The van der Waals surface area contributed by atoms with Gasteiger partial charge >= 0.3 is 0 Å². The summed E-state index contributed by atoms with van der Waals surface area (Å²) in [5.41, 5.74) is 0.588. The first-order valence-electron chi connectivity index (χ1n) is 7.06. The van der Waals surface area contributed by atoms with Gasteiger partial charge < -0.3 is 5.32 Å². The SMILES string of the molecule is CCCN(CCC)S(=O)(=O)c1ccc2c(c1)NC(=O)CS2. The van der Waals surface area contributed by atoms with Crippen molar-refractivity contribution < 1.29 is 13.2 Å². The number of fused-ring (bicyclic) bond motifs is 1. The second-order valence-electron chi connectivity index (χ2n) is 4.90. The van der Waals surface area contributed by atoms with Gasteiger partial charge in [0.25, 0.3) is 0 Å². The van der Waals surface area contributed by atoms with E-state index in [1.165, 1.54) is 16.1 Å². The average molecular weight is 328 g/mol. The van der Waals surface area contributed by atoms with Gasteiger partial charge in [0, 0.05) is 18.0 Å². The fourth-order valence-electron chi connectivity index (χ4n) is 2.22. The number of nitrogens with zero attached hydrogens (tertiary/aromatic N) is 1. The summed E-state index contributed by atoms with van der Waals surface area (Å²) in [6.45, 7) is 4.94. The summed E-state index contributed by atoms with van der Waals surface area (Å²) in [7, 11) is -3.50. The van der Waals surface area contributed by atoms with Gasteiger partial charge in [-0.05, 0) is 31.0 Å². The number of anilines is 1. The van der Waals surface area contributed by atoms with Gasteiger partial charge in [-0.2, -0.15) is 4.31 Å². The van der Waals surface area contributed by atoms with Gasteiger partial charge in [-0.3, -0.25) is 4.79 Å². The lowest BCUT2D eigenvalue weighted by atomic mass is 10.3. The molecule has 0 saturated heterocycles. The zero-order chi connectivity index (χ0) is 15.5. The molecular weight excluding hydrogens is 308 g/mol. The topological polar surface area (TPSA) is 66.5 Å². The van der Waals surface area contributed by atoms with Crippen LogP contribution in [-0.2, 0) is 14.8 Å². The van der Waals surface area contributed by atoms with E-state index in [4.69, 9.17) is 0 Å². The van der Waals surface area contributed by atoms with Crippen molar-refractivity contribution in [2.24, 2.45) is 0 Å². The molecule has 0 aromatic heterocycles. The van der Waals surface area contributed by atoms with E-state index in [9.17, 15) is 13.2 Å². The van der Waals surface area contributed by atoms with Crippen molar-refractivity contribution in [1.82, 2.24) is 4.31 Å². The minimum Gasteiger partial charge on any atom is -0.324 e. The minimum atomic E-state index is -3.50. The van der Waals surface area contributed by atoms with Crippen LogP contribution in [-0.4, -0.2) is 37.5 Å². The Morgan fingerprint density at radius 2 is 1.90 bits per heavy atom. The van der Waals surface area contributed by atoms with E-state index in [-0.39, 0.29) is 10.8 Å². The van der Waals surface area contributed by atoms with Crippen LogP contribution in [0, 0.1) is 0 Å². The molecule has 2 rings (SSSR count). The van der Waals surface area contributed by atoms with Gasteiger partial charge in [0.1, 0.15) is 0 Å². The van der Waals surface area contributed by atoms with Crippen molar-refractivity contribution >= 4 is 33.4 Å². The Hall–Kier alpha value is -1.05. The first-order valence-corrected chi connectivity index (χ1v) is 9.48. The van der Waals surface area contributed by atoms with Gasteiger partial charge in [0.05, 0.1) is 16.3 Å². The summed E-state index contributed by atoms with van der Waals surface area (Å²) in [4.78, 5) is 12.6. The highest BCUT2D eigenvalue weighted by molar-refractivity contribution is 8.00. The van der Waals surface area contributed by atoms with Crippen LogP contribution in [0.15, 0.2) is 28.0 Å². The summed E-state index contributed by atoms with van der Waals surface area (Å²) in [6.07, 6.45) is 1.55. The van der Waals surface area contributed by atoms with Crippen molar-refractivity contribution in [2.45, 2.75) is 36.5 Å². The number of benzene rings is 1. The number of nitrogens with one attached hydrogen (secondary N) is 1. The Kier molecular flexibility index (Phi) is 5.29. The molecule has 21 heavy (non-hydrogen) atoms. The van der Waals surface area contributed by atoms with Gasteiger partial charge in [0.2, 0.25) is 15.9 Å². The molecule has 0 radical (unpaired) electrons. The molecule has 116 valence electrons. The molecule has 0 aliphatic carbocycles. The molecule has 0 bridgehead atoms. The second-order valence-corrected chi connectivity index (χ2v) is 7.85. The van der Waals surface area contributed by atoms with Gasteiger partial charge in [-0.25, -0.2) is 8.42 Å². The third kappa shape index (κ3) is 3.59. The Morgan fingerprint density at radius 3 is 2.52 bits per heavy atom. The van der Waals surface area contributed by atoms with Gasteiger partial charge in [-0.15, -0.1) is 11.8 Å². The molecule has 1 aliphatic rings. The zero-order valence-electron chi connectivity index (χ0n) is 12.3. The average Bonchev–Trinajstić information content (AvgIpc) is 2.46. The van der Waals surface area contributed by atoms with E-state index in [1.807, 2.05) is 13.8 Å². The van der Waals surface area contributed by atoms with Crippen molar-refractivity contribution in [3.8, 4) is 0 Å². The number of hydrogen-bond donors (Lipinski definition) is 1. The van der Waals surface area contributed by atoms with E-state index in [1.54, 1.807) is 18.2 Å². The highest BCUT2D eigenvalue weighted by Gasteiger charge is 2.25. The maximum atomic E-state index is 12.7. The van der Waals surface area contributed by atoms with Crippen LogP contribution < -0.4 is 5.32 Å². The first kappa shape index (κ1) is 16.3. The second kappa shape index (κ2) is 6.81. The van der Waals surface area contributed by atoms with Crippen LogP contribution in [0.2, 0.25) is 0 Å². The van der Waals surface area contributed by atoms with Crippen LogP contribution in [0.3, 0.4) is 0 Å². The van der Waals surface area contributed by atoms with Crippen LogP contribution >= 0.6 is 11.8 Å². The summed E-state index contributed by atoms with van der Waals surface area (Å²) in [6, 6.07) is 4.95. The maximum absolute atomic E-state index is 12.7. The Morgan fingerprint density at radius 1 is 1.24 bits per heavy atom. The number of carbonyl (C=O) groups excluding carboxylic acids is 1. The maximum Gasteiger partial charge on any atom is 0.243 e. The van der Waals surface area contributed by atoms with Crippen molar-refractivity contribution in [3.63, 3.8) is 0 Å². The normalized spacial score (nSPS) is 14.9. The lowest BCUT2D eigenvalue weighted by Crippen LogP contribution is -2.32. The number of sulfonamides is 1. The molecule has 0 saturated carbocycles. The predicted molar refractivity (Wildman–Crippen MR) is 85.1 cm³/mol. The molecule has 0 spiro atoms. The molecule has 1 heterocycles. The lowest BCUT2D eigenvalue weighted by molar-refractivity contribution is -0.113. The van der Waals surface area contributed by atoms with Gasteiger partial charge in [0.15, 0.2) is 0 Å². The van der Waals surface area contributed by atoms with Gasteiger partial charge in [-0.1, -0.05) is 13.8 Å². The van der Waals surface area contributed by atoms with Crippen LogP contribution in [0.5, 0.6) is 0 Å². The molecule has 5 nitrogen and oxygen atoms in total. The summed E-state index contributed by atoms with van der Waals surface area (Å²) < 4.78 is 26.9. The number of rotatable bonds is 6. The standard InChI is InChI=1S/C14H20N2O3S2/c1-3-7-16(8-4-2)21(18,19)11-5-6-13-12(9-11)15-14(17)10-20-13/h5-6,9H,3-4,7-8,10H2,1-2H3,(H,15,17). The Balaban J connectivity index is 2.35. The molecule has 0 unspecified atom stereocenters. The summed E-state index contributed by atoms with van der Waals surface area (Å²) >= 11 is 1.42. The Bertz CT molecular complexity index is 623. The monoisotopic (exact) mass is 328 g/mol. The largest absolute Gasteiger partial charge is 0.324 e. The highest BCUT2D eigenvalue weighted by atomic mass is 32.2. The van der Waals surface area contributed by atoms with Crippen LogP contribution in [0.4, 0.5) is 5.69 Å². The molecule has 7 heteroatoms. The summed E-state index contributed by atoms with van der Waals surface area (Å²) in [5.74, 6) is 0.276. The molecular formula is C14H20N2O3S2. The van der Waals surface area contributed by atoms with Crippen molar-refractivity contribution in [3.05, 3.63) is 18.2 Å². The molecule has 1 aromatic rings. The number of amides is 1. The fraction of sp³-hybridized carbons (Fsp3) is 0.500. The first-order chi connectivity index (χ1) is 9.98. The molecule has 0 atom stereocenters. The van der Waals surface area contributed by atoms with E-state index >= 15 is 0 Å².